The first-order valence-corrected chi connectivity index (χ1v) is 6.53. The van der Waals surface area contributed by atoms with Gasteiger partial charge in [0.15, 0.2) is 0 Å². The number of halogens is 1. The molecule has 1 fully saturated rings. The molecule has 2 nitrogen and oxygen atoms in total. The maximum absolute atomic E-state index is 10.1. The van der Waals surface area contributed by atoms with Crippen LogP contribution in [0.3, 0.4) is 0 Å². The van der Waals surface area contributed by atoms with E-state index in [0.29, 0.717) is 18.4 Å². The minimum atomic E-state index is -0.332. The molecule has 1 aliphatic rings. The van der Waals surface area contributed by atoms with Crippen molar-refractivity contribution in [1.29, 1.82) is 0 Å². The second kappa shape index (κ2) is 4.76. The van der Waals surface area contributed by atoms with E-state index in [1.165, 1.54) is 0 Å². The van der Waals surface area contributed by atoms with Gasteiger partial charge < -0.3 is 9.84 Å². The van der Waals surface area contributed by atoms with E-state index < -0.39 is 0 Å². The van der Waals surface area contributed by atoms with Gasteiger partial charge in [-0.2, -0.15) is 0 Å². The summed E-state index contributed by atoms with van der Waals surface area (Å²) in [7, 11) is 0. The molecule has 16 heavy (non-hydrogen) atoms. The third-order valence-corrected chi connectivity index (χ3v) is 3.79. The zero-order valence-electron chi connectivity index (χ0n) is 9.61. The van der Waals surface area contributed by atoms with Crippen LogP contribution in [0.4, 0.5) is 0 Å². The first-order valence-electron chi connectivity index (χ1n) is 5.73. The fraction of sp³-hybridized carbons (Fsp3) is 0.538. The molecule has 0 bridgehead atoms. The predicted octanol–water partition coefficient (Wildman–Crippen LogP) is 3.54. The SMILES string of the molecule is CCOc1ccc(C(O)C2CC2C)cc1Br. The van der Waals surface area contributed by atoms with Crippen molar-refractivity contribution in [2.45, 2.75) is 26.4 Å². The van der Waals surface area contributed by atoms with E-state index in [2.05, 4.69) is 22.9 Å². The van der Waals surface area contributed by atoms with E-state index in [1.54, 1.807) is 0 Å². The maximum Gasteiger partial charge on any atom is 0.133 e. The maximum atomic E-state index is 10.1. The molecule has 1 saturated carbocycles. The average Bonchev–Trinajstić information content (AvgIpc) is 2.98. The Balaban J connectivity index is 2.14. The number of rotatable bonds is 4. The molecule has 0 aliphatic heterocycles. The number of ether oxygens (including phenoxy) is 1. The van der Waals surface area contributed by atoms with Crippen LogP contribution in [0, 0.1) is 11.8 Å². The van der Waals surface area contributed by atoms with Gasteiger partial charge in [-0.1, -0.05) is 13.0 Å². The Morgan fingerprint density at radius 3 is 2.75 bits per heavy atom. The molecule has 0 radical (unpaired) electrons. The van der Waals surface area contributed by atoms with Gasteiger partial charge in [-0.3, -0.25) is 0 Å². The molecule has 0 spiro atoms. The second-order valence-electron chi connectivity index (χ2n) is 4.44. The molecule has 3 atom stereocenters. The Labute approximate surface area is 105 Å². The van der Waals surface area contributed by atoms with E-state index >= 15 is 0 Å². The van der Waals surface area contributed by atoms with E-state index in [-0.39, 0.29) is 6.10 Å². The lowest BCUT2D eigenvalue weighted by Gasteiger charge is -2.12. The highest BCUT2D eigenvalue weighted by Gasteiger charge is 2.39. The highest BCUT2D eigenvalue weighted by molar-refractivity contribution is 9.10. The molecule has 1 aromatic carbocycles. The van der Waals surface area contributed by atoms with Crippen molar-refractivity contribution >= 4 is 15.9 Å². The zero-order chi connectivity index (χ0) is 11.7. The lowest BCUT2D eigenvalue weighted by molar-refractivity contribution is 0.148. The Hall–Kier alpha value is -0.540. The highest BCUT2D eigenvalue weighted by Crippen LogP contribution is 2.47. The van der Waals surface area contributed by atoms with Crippen LogP contribution in [-0.2, 0) is 0 Å². The fourth-order valence-corrected chi connectivity index (χ4v) is 2.52. The molecule has 88 valence electrons. The molecule has 2 rings (SSSR count). The number of hydrogen-bond donors (Lipinski definition) is 1. The summed E-state index contributed by atoms with van der Waals surface area (Å²) in [5.41, 5.74) is 0.977. The summed E-state index contributed by atoms with van der Waals surface area (Å²) in [6.07, 6.45) is 0.799. The van der Waals surface area contributed by atoms with Crippen LogP contribution in [0.2, 0.25) is 0 Å². The largest absolute Gasteiger partial charge is 0.493 e. The van der Waals surface area contributed by atoms with Gasteiger partial charge in [0, 0.05) is 0 Å². The van der Waals surface area contributed by atoms with Crippen molar-refractivity contribution in [3.63, 3.8) is 0 Å². The minimum absolute atomic E-state index is 0.332. The standard InChI is InChI=1S/C13H17BrO2/c1-3-16-12-5-4-9(7-11(12)14)13(15)10-6-8(10)2/h4-5,7-8,10,13,15H,3,6H2,1-2H3. The van der Waals surface area contributed by atoms with Gasteiger partial charge in [0.25, 0.3) is 0 Å². The van der Waals surface area contributed by atoms with E-state index in [0.717, 1.165) is 22.2 Å². The van der Waals surface area contributed by atoms with Gasteiger partial charge >= 0.3 is 0 Å². The van der Waals surface area contributed by atoms with E-state index in [9.17, 15) is 5.11 Å². The van der Waals surface area contributed by atoms with Gasteiger partial charge in [-0.25, -0.2) is 0 Å². The molecule has 0 heterocycles. The van der Waals surface area contributed by atoms with Gasteiger partial charge in [0.05, 0.1) is 17.2 Å². The van der Waals surface area contributed by atoms with Crippen LogP contribution in [0.25, 0.3) is 0 Å². The summed E-state index contributed by atoms with van der Waals surface area (Å²) in [4.78, 5) is 0. The summed E-state index contributed by atoms with van der Waals surface area (Å²) >= 11 is 3.46. The van der Waals surface area contributed by atoms with Crippen LogP contribution in [0.5, 0.6) is 5.75 Å². The molecule has 0 aromatic heterocycles. The quantitative estimate of drug-likeness (QED) is 0.917. The van der Waals surface area contributed by atoms with Crippen LogP contribution < -0.4 is 4.74 Å². The average molecular weight is 285 g/mol. The molecule has 3 heteroatoms. The molecular weight excluding hydrogens is 268 g/mol. The minimum Gasteiger partial charge on any atom is -0.493 e. The summed E-state index contributed by atoms with van der Waals surface area (Å²) < 4.78 is 6.36. The van der Waals surface area contributed by atoms with Gasteiger partial charge in [-0.15, -0.1) is 0 Å². The summed E-state index contributed by atoms with van der Waals surface area (Å²) in [6.45, 7) is 4.79. The lowest BCUT2D eigenvalue weighted by Crippen LogP contribution is -2.01. The molecule has 3 unspecified atom stereocenters. The van der Waals surface area contributed by atoms with Crippen molar-refractivity contribution in [3.05, 3.63) is 28.2 Å². The van der Waals surface area contributed by atoms with Crippen LogP contribution in [0.1, 0.15) is 31.9 Å². The van der Waals surface area contributed by atoms with Crippen molar-refractivity contribution < 1.29 is 9.84 Å². The fourth-order valence-electron chi connectivity index (χ4n) is 2.01. The molecule has 1 aromatic rings. The Kier molecular flexibility index (Phi) is 3.55. The number of hydrogen-bond acceptors (Lipinski definition) is 2. The molecular formula is C13H17BrO2. The molecule has 0 saturated heterocycles. The Morgan fingerprint density at radius 1 is 1.56 bits per heavy atom. The predicted molar refractivity (Wildman–Crippen MR) is 67.5 cm³/mol. The summed E-state index contributed by atoms with van der Waals surface area (Å²) in [5, 5.41) is 10.1. The van der Waals surface area contributed by atoms with Crippen LogP contribution in [0.15, 0.2) is 22.7 Å². The Bertz CT molecular complexity index is 378. The summed E-state index contributed by atoms with van der Waals surface area (Å²) in [5.74, 6) is 1.92. The van der Waals surface area contributed by atoms with E-state index in [4.69, 9.17) is 4.74 Å². The van der Waals surface area contributed by atoms with Crippen molar-refractivity contribution in [2.24, 2.45) is 11.8 Å². The lowest BCUT2D eigenvalue weighted by atomic mass is 10.0. The molecule has 1 N–H and O–H groups in total. The van der Waals surface area contributed by atoms with Crippen molar-refractivity contribution in [3.8, 4) is 5.75 Å². The van der Waals surface area contributed by atoms with Gasteiger partial charge in [-0.05, 0) is 58.8 Å². The zero-order valence-corrected chi connectivity index (χ0v) is 11.2. The normalized spacial score (nSPS) is 25.2. The smallest absolute Gasteiger partial charge is 0.133 e. The van der Waals surface area contributed by atoms with Crippen LogP contribution >= 0.6 is 15.9 Å². The summed E-state index contributed by atoms with van der Waals surface area (Å²) in [6, 6.07) is 5.82. The second-order valence-corrected chi connectivity index (χ2v) is 5.30. The molecule has 0 amide bonds. The number of benzene rings is 1. The molecule has 1 aliphatic carbocycles. The number of aliphatic hydroxyl groups is 1. The Morgan fingerprint density at radius 2 is 2.25 bits per heavy atom. The van der Waals surface area contributed by atoms with Crippen molar-refractivity contribution in [1.82, 2.24) is 0 Å². The monoisotopic (exact) mass is 284 g/mol. The highest BCUT2D eigenvalue weighted by atomic mass is 79.9. The number of aliphatic hydroxyl groups excluding tert-OH is 1. The van der Waals surface area contributed by atoms with Gasteiger partial charge in [0.1, 0.15) is 5.75 Å². The van der Waals surface area contributed by atoms with E-state index in [1.807, 2.05) is 25.1 Å². The van der Waals surface area contributed by atoms with Crippen LogP contribution in [-0.4, -0.2) is 11.7 Å². The van der Waals surface area contributed by atoms with Gasteiger partial charge in [0.2, 0.25) is 0 Å². The first-order chi connectivity index (χ1) is 7.63. The topological polar surface area (TPSA) is 29.5 Å². The third-order valence-electron chi connectivity index (χ3n) is 3.17. The third kappa shape index (κ3) is 2.41. The van der Waals surface area contributed by atoms with Crippen molar-refractivity contribution in [2.75, 3.05) is 6.61 Å². The first kappa shape index (κ1) is 11.9.